The Morgan fingerprint density at radius 1 is 1.08 bits per heavy atom. The molecule has 0 spiro atoms. The molecule has 0 bridgehead atoms. The minimum absolute atomic E-state index is 0.167. The van der Waals surface area contributed by atoms with Gasteiger partial charge in [0.25, 0.3) is 0 Å². The highest BCUT2D eigenvalue weighted by Gasteiger charge is 2.29. The van der Waals surface area contributed by atoms with Crippen molar-refractivity contribution in [3.05, 3.63) is 59.7 Å². The second kappa shape index (κ2) is 8.86. The van der Waals surface area contributed by atoms with Gasteiger partial charge in [0.1, 0.15) is 17.3 Å². The molecule has 26 heavy (non-hydrogen) atoms. The van der Waals surface area contributed by atoms with Gasteiger partial charge in [-0.25, -0.2) is 0 Å². The van der Waals surface area contributed by atoms with E-state index in [1.165, 1.54) is 0 Å². The van der Waals surface area contributed by atoms with Crippen molar-refractivity contribution < 1.29 is 19.4 Å². The molecule has 0 aliphatic carbocycles. The summed E-state index contributed by atoms with van der Waals surface area (Å²) in [6.45, 7) is 8.14. The number of ether oxygens (including phenoxy) is 2. The molecule has 140 valence electrons. The molecule has 0 aliphatic heterocycles. The van der Waals surface area contributed by atoms with Crippen LogP contribution in [-0.2, 0) is 14.9 Å². The third-order valence-corrected chi connectivity index (χ3v) is 4.68. The molecular formula is C22H28O4. The van der Waals surface area contributed by atoms with E-state index >= 15 is 0 Å². The standard InChI is InChI=1S/C22H28O4/c1-5-25-17(3)26-21-12-8-19(9-13-21)22(4,15-14-16(2)23)18-6-10-20(24)11-7-18/h6-13,17,24H,5,14-15H2,1-4H3. The number of aromatic hydroxyl groups is 1. The Morgan fingerprint density at radius 2 is 1.62 bits per heavy atom. The predicted molar refractivity (Wildman–Crippen MR) is 103 cm³/mol. The van der Waals surface area contributed by atoms with Gasteiger partial charge in [-0.2, -0.15) is 0 Å². The van der Waals surface area contributed by atoms with E-state index in [2.05, 4.69) is 6.92 Å². The number of rotatable bonds is 9. The van der Waals surface area contributed by atoms with Gasteiger partial charge in [-0.3, -0.25) is 0 Å². The zero-order valence-electron chi connectivity index (χ0n) is 16.0. The maximum Gasteiger partial charge on any atom is 0.196 e. The lowest BCUT2D eigenvalue weighted by molar-refractivity contribution is -0.117. The minimum Gasteiger partial charge on any atom is -0.508 e. The van der Waals surface area contributed by atoms with Crippen LogP contribution in [0.15, 0.2) is 48.5 Å². The Morgan fingerprint density at radius 3 is 2.12 bits per heavy atom. The fourth-order valence-corrected chi connectivity index (χ4v) is 3.07. The minimum atomic E-state index is -0.330. The van der Waals surface area contributed by atoms with E-state index in [1.807, 2.05) is 50.2 Å². The fraction of sp³-hybridized carbons (Fsp3) is 0.409. The number of phenolic OH excluding ortho intramolecular Hbond substituents is 1. The molecule has 2 aromatic carbocycles. The van der Waals surface area contributed by atoms with Crippen LogP contribution in [0.4, 0.5) is 0 Å². The molecule has 2 rings (SSSR count). The number of phenols is 1. The Balaban J connectivity index is 2.30. The number of Topliss-reactive ketones (excluding diaryl/α,β-unsaturated/α-hetero) is 1. The number of ketones is 1. The fourth-order valence-electron chi connectivity index (χ4n) is 3.07. The molecule has 0 fully saturated rings. The van der Waals surface area contributed by atoms with Crippen LogP contribution in [0.2, 0.25) is 0 Å². The SMILES string of the molecule is CCOC(C)Oc1ccc(C(C)(CCC(C)=O)c2ccc(O)cc2)cc1. The van der Waals surface area contributed by atoms with Gasteiger partial charge in [-0.15, -0.1) is 0 Å². The highest BCUT2D eigenvalue weighted by Crippen LogP contribution is 2.38. The first-order valence-electron chi connectivity index (χ1n) is 9.03. The van der Waals surface area contributed by atoms with Crippen molar-refractivity contribution in [3.8, 4) is 11.5 Å². The molecule has 0 radical (unpaired) electrons. The van der Waals surface area contributed by atoms with E-state index < -0.39 is 0 Å². The van der Waals surface area contributed by atoms with E-state index in [0.717, 1.165) is 16.9 Å². The molecule has 0 aliphatic rings. The number of hydrogen-bond donors (Lipinski definition) is 1. The van der Waals surface area contributed by atoms with Crippen LogP contribution in [0.3, 0.4) is 0 Å². The molecule has 4 heteroatoms. The summed E-state index contributed by atoms with van der Waals surface area (Å²) in [6, 6.07) is 15.1. The van der Waals surface area contributed by atoms with E-state index in [4.69, 9.17) is 9.47 Å². The lowest BCUT2D eigenvalue weighted by atomic mass is 9.72. The lowest BCUT2D eigenvalue weighted by Gasteiger charge is -2.31. The Kier molecular flexibility index (Phi) is 6.81. The summed E-state index contributed by atoms with van der Waals surface area (Å²) in [5.41, 5.74) is 1.83. The average Bonchev–Trinajstić information content (AvgIpc) is 2.61. The molecule has 2 atom stereocenters. The van der Waals surface area contributed by atoms with Crippen molar-refractivity contribution >= 4 is 5.78 Å². The van der Waals surface area contributed by atoms with E-state index in [9.17, 15) is 9.90 Å². The van der Waals surface area contributed by atoms with Gasteiger partial charge in [0.2, 0.25) is 0 Å². The maximum atomic E-state index is 11.6. The van der Waals surface area contributed by atoms with Gasteiger partial charge >= 0.3 is 0 Å². The van der Waals surface area contributed by atoms with Crippen molar-refractivity contribution in [1.82, 2.24) is 0 Å². The van der Waals surface area contributed by atoms with Crippen LogP contribution in [-0.4, -0.2) is 23.8 Å². The van der Waals surface area contributed by atoms with Crippen molar-refractivity contribution in [3.63, 3.8) is 0 Å². The van der Waals surface area contributed by atoms with Gasteiger partial charge < -0.3 is 19.4 Å². The molecule has 0 saturated carbocycles. The summed E-state index contributed by atoms with van der Waals surface area (Å²) in [4.78, 5) is 11.6. The zero-order valence-corrected chi connectivity index (χ0v) is 16.0. The quantitative estimate of drug-likeness (QED) is 0.654. The van der Waals surface area contributed by atoms with E-state index in [-0.39, 0.29) is 23.2 Å². The Labute approximate surface area is 155 Å². The molecular weight excluding hydrogens is 328 g/mol. The largest absolute Gasteiger partial charge is 0.508 e. The van der Waals surface area contributed by atoms with Crippen molar-refractivity contribution in [2.24, 2.45) is 0 Å². The average molecular weight is 356 g/mol. The van der Waals surface area contributed by atoms with Crippen molar-refractivity contribution in [2.45, 2.75) is 52.2 Å². The highest BCUT2D eigenvalue weighted by molar-refractivity contribution is 5.75. The topological polar surface area (TPSA) is 55.8 Å². The number of carbonyl (C=O) groups is 1. The highest BCUT2D eigenvalue weighted by atomic mass is 16.7. The first-order valence-corrected chi connectivity index (χ1v) is 9.03. The van der Waals surface area contributed by atoms with Gasteiger partial charge in [-0.1, -0.05) is 31.2 Å². The molecule has 0 aromatic heterocycles. The first-order chi connectivity index (χ1) is 12.3. The zero-order chi connectivity index (χ0) is 19.2. The summed E-state index contributed by atoms with van der Waals surface area (Å²) in [6.07, 6.45) is 0.895. The maximum absolute atomic E-state index is 11.6. The Hall–Kier alpha value is -2.33. The van der Waals surface area contributed by atoms with Crippen molar-refractivity contribution in [2.75, 3.05) is 6.61 Å². The van der Waals surface area contributed by atoms with Crippen LogP contribution in [0.1, 0.15) is 51.7 Å². The summed E-state index contributed by atoms with van der Waals surface area (Å²) < 4.78 is 11.1. The molecule has 0 heterocycles. The third kappa shape index (κ3) is 5.09. The van der Waals surface area contributed by atoms with Gasteiger partial charge in [0.05, 0.1) is 0 Å². The number of carbonyl (C=O) groups excluding carboxylic acids is 1. The summed E-state index contributed by atoms with van der Waals surface area (Å²) in [7, 11) is 0. The van der Waals surface area contributed by atoms with Crippen LogP contribution in [0.25, 0.3) is 0 Å². The van der Waals surface area contributed by atoms with Crippen LogP contribution in [0.5, 0.6) is 11.5 Å². The van der Waals surface area contributed by atoms with E-state index in [0.29, 0.717) is 19.4 Å². The van der Waals surface area contributed by atoms with E-state index in [1.54, 1.807) is 19.1 Å². The van der Waals surface area contributed by atoms with Gasteiger partial charge in [0.15, 0.2) is 6.29 Å². The second-order valence-electron chi connectivity index (χ2n) is 6.75. The summed E-state index contributed by atoms with van der Waals surface area (Å²) in [5, 5.41) is 9.59. The lowest BCUT2D eigenvalue weighted by Crippen LogP contribution is -2.24. The van der Waals surface area contributed by atoms with Gasteiger partial charge in [-0.05, 0) is 62.6 Å². The molecule has 1 N–H and O–H groups in total. The van der Waals surface area contributed by atoms with Crippen molar-refractivity contribution in [1.29, 1.82) is 0 Å². The smallest absolute Gasteiger partial charge is 0.196 e. The molecule has 0 saturated heterocycles. The summed E-state index contributed by atoms with van der Waals surface area (Å²) in [5.74, 6) is 1.14. The van der Waals surface area contributed by atoms with Gasteiger partial charge in [0, 0.05) is 18.4 Å². The molecule has 2 aromatic rings. The Bertz CT molecular complexity index is 706. The normalized spacial score (nSPS) is 14.5. The third-order valence-electron chi connectivity index (χ3n) is 4.68. The first kappa shape index (κ1) is 20.0. The number of benzene rings is 2. The summed E-state index contributed by atoms with van der Waals surface area (Å²) >= 11 is 0. The van der Waals surface area contributed by atoms with Crippen LogP contribution >= 0.6 is 0 Å². The molecule has 0 amide bonds. The molecule has 4 nitrogen and oxygen atoms in total. The predicted octanol–water partition coefficient (Wildman–Crippen LogP) is 4.83. The monoisotopic (exact) mass is 356 g/mol. The van der Waals surface area contributed by atoms with Crippen LogP contribution in [0, 0.1) is 0 Å². The second-order valence-corrected chi connectivity index (χ2v) is 6.75. The molecule has 2 unspecified atom stereocenters. The number of hydrogen-bond acceptors (Lipinski definition) is 4. The van der Waals surface area contributed by atoms with Crippen LogP contribution < -0.4 is 4.74 Å².